The summed E-state index contributed by atoms with van der Waals surface area (Å²) in [5.41, 5.74) is 1.68. The van der Waals surface area contributed by atoms with E-state index in [0.29, 0.717) is 29.1 Å². The Kier molecular flexibility index (Phi) is 3.31. The molecular weight excluding hydrogens is 256 g/mol. The number of hydrogen-bond acceptors (Lipinski definition) is 3. The second kappa shape index (κ2) is 5.13. The van der Waals surface area contributed by atoms with E-state index in [1.165, 1.54) is 0 Å². The minimum Gasteiger partial charge on any atom is -0.352 e. The Balaban J connectivity index is 1.67. The lowest BCUT2D eigenvalue weighted by atomic mass is 10.1. The molecule has 0 bridgehead atoms. The van der Waals surface area contributed by atoms with Crippen LogP contribution in [0.2, 0.25) is 0 Å². The monoisotopic (exact) mass is 274 g/mol. The molecule has 0 spiro atoms. The van der Waals surface area contributed by atoms with E-state index in [9.17, 15) is 9.59 Å². The summed E-state index contributed by atoms with van der Waals surface area (Å²) in [7, 11) is 2.10. The standard InChI is InChI=1S/C14H18N4O2/c1-18-5-4-9(8-18)7-15-13(19)10-2-3-11-12(6-10)17-14(20)16-11/h2-3,6,9H,4-5,7-8H2,1H3,(H,15,19)(H2,16,17,20). The normalized spacial score (nSPS) is 19.6. The minimum absolute atomic E-state index is 0.0940. The van der Waals surface area contributed by atoms with Crippen LogP contribution in [0.25, 0.3) is 11.0 Å². The Morgan fingerprint density at radius 3 is 2.95 bits per heavy atom. The number of H-pyrrole nitrogens is 2. The van der Waals surface area contributed by atoms with Gasteiger partial charge in [0.05, 0.1) is 11.0 Å². The first-order valence-corrected chi connectivity index (χ1v) is 6.80. The number of rotatable bonds is 3. The third kappa shape index (κ3) is 2.60. The highest BCUT2D eigenvalue weighted by molar-refractivity contribution is 5.97. The maximum atomic E-state index is 12.1. The molecule has 1 unspecified atom stereocenters. The maximum absolute atomic E-state index is 12.1. The van der Waals surface area contributed by atoms with Gasteiger partial charge in [-0.05, 0) is 44.1 Å². The van der Waals surface area contributed by atoms with Gasteiger partial charge in [0.15, 0.2) is 0 Å². The molecule has 1 saturated heterocycles. The number of fused-ring (bicyclic) bond motifs is 1. The van der Waals surface area contributed by atoms with Gasteiger partial charge in [0, 0.05) is 18.7 Å². The number of nitrogens with zero attached hydrogens (tertiary/aromatic N) is 1. The predicted molar refractivity (Wildman–Crippen MR) is 76.9 cm³/mol. The van der Waals surface area contributed by atoms with Crippen LogP contribution in [0.3, 0.4) is 0 Å². The SMILES string of the molecule is CN1CCC(CNC(=O)c2ccc3[nH]c(=O)[nH]c3c2)C1. The molecule has 1 amide bonds. The van der Waals surface area contributed by atoms with Gasteiger partial charge in [-0.3, -0.25) is 4.79 Å². The van der Waals surface area contributed by atoms with Crippen LogP contribution in [0, 0.1) is 5.92 Å². The molecule has 0 aliphatic carbocycles. The van der Waals surface area contributed by atoms with Gasteiger partial charge >= 0.3 is 5.69 Å². The number of carbonyl (C=O) groups excluding carboxylic acids is 1. The molecule has 0 saturated carbocycles. The van der Waals surface area contributed by atoms with Crippen molar-refractivity contribution in [1.82, 2.24) is 20.2 Å². The van der Waals surface area contributed by atoms with Gasteiger partial charge in [-0.2, -0.15) is 0 Å². The van der Waals surface area contributed by atoms with E-state index >= 15 is 0 Å². The van der Waals surface area contributed by atoms with Crippen LogP contribution in [0.15, 0.2) is 23.0 Å². The Labute approximate surface area is 116 Å². The Hall–Kier alpha value is -2.08. The molecule has 3 N–H and O–H groups in total. The summed E-state index contributed by atoms with van der Waals surface area (Å²) in [6, 6.07) is 5.16. The topological polar surface area (TPSA) is 81.0 Å². The first-order chi connectivity index (χ1) is 9.61. The summed E-state index contributed by atoms with van der Waals surface area (Å²) in [6.07, 6.45) is 1.13. The molecule has 1 aromatic carbocycles. The molecule has 2 heterocycles. The van der Waals surface area contributed by atoms with Crippen LogP contribution >= 0.6 is 0 Å². The molecule has 1 aliphatic heterocycles. The largest absolute Gasteiger partial charge is 0.352 e. The molecule has 3 rings (SSSR count). The van der Waals surface area contributed by atoms with Gasteiger partial charge < -0.3 is 20.2 Å². The summed E-state index contributed by atoms with van der Waals surface area (Å²) in [6.45, 7) is 2.83. The predicted octanol–water partition coefficient (Wildman–Crippen LogP) is 0.538. The van der Waals surface area contributed by atoms with Crippen LogP contribution in [0.5, 0.6) is 0 Å². The second-order valence-electron chi connectivity index (χ2n) is 5.47. The zero-order valence-electron chi connectivity index (χ0n) is 11.4. The average molecular weight is 274 g/mol. The quantitative estimate of drug-likeness (QED) is 0.764. The Bertz CT molecular complexity index is 688. The van der Waals surface area contributed by atoms with Crippen molar-refractivity contribution in [3.63, 3.8) is 0 Å². The smallest absolute Gasteiger partial charge is 0.323 e. The fourth-order valence-corrected chi connectivity index (χ4v) is 2.71. The summed E-state index contributed by atoms with van der Waals surface area (Å²) < 4.78 is 0. The average Bonchev–Trinajstić information content (AvgIpc) is 2.99. The highest BCUT2D eigenvalue weighted by atomic mass is 16.2. The molecule has 20 heavy (non-hydrogen) atoms. The fourth-order valence-electron chi connectivity index (χ4n) is 2.71. The maximum Gasteiger partial charge on any atom is 0.323 e. The second-order valence-corrected chi connectivity index (χ2v) is 5.47. The number of nitrogens with one attached hydrogen (secondary N) is 3. The van der Waals surface area contributed by atoms with Gasteiger partial charge in [0.2, 0.25) is 0 Å². The summed E-state index contributed by atoms with van der Waals surface area (Å²) in [4.78, 5) is 30.9. The third-order valence-corrected chi connectivity index (χ3v) is 3.82. The van der Waals surface area contributed by atoms with E-state index in [2.05, 4.69) is 27.2 Å². The first-order valence-electron chi connectivity index (χ1n) is 6.80. The van der Waals surface area contributed by atoms with Crippen molar-refractivity contribution in [1.29, 1.82) is 0 Å². The number of aromatic amines is 2. The molecular formula is C14H18N4O2. The molecule has 106 valence electrons. The molecule has 1 aliphatic rings. The number of amides is 1. The number of likely N-dealkylation sites (tertiary alicyclic amines) is 1. The highest BCUT2D eigenvalue weighted by Crippen LogP contribution is 2.14. The van der Waals surface area contributed by atoms with Crippen molar-refractivity contribution < 1.29 is 4.79 Å². The molecule has 2 aromatic rings. The molecule has 6 nitrogen and oxygen atoms in total. The summed E-state index contributed by atoms with van der Waals surface area (Å²) in [5, 5.41) is 2.97. The van der Waals surface area contributed by atoms with Gasteiger partial charge in [0.1, 0.15) is 0 Å². The van der Waals surface area contributed by atoms with Crippen LogP contribution in [-0.4, -0.2) is 47.5 Å². The molecule has 0 radical (unpaired) electrons. The number of imidazole rings is 1. The zero-order valence-corrected chi connectivity index (χ0v) is 11.4. The number of carbonyl (C=O) groups is 1. The van der Waals surface area contributed by atoms with E-state index in [4.69, 9.17) is 0 Å². The van der Waals surface area contributed by atoms with Gasteiger partial charge in [-0.1, -0.05) is 0 Å². The van der Waals surface area contributed by atoms with Crippen LogP contribution in [-0.2, 0) is 0 Å². The van der Waals surface area contributed by atoms with Crippen LogP contribution in [0.4, 0.5) is 0 Å². The van der Waals surface area contributed by atoms with E-state index in [-0.39, 0.29) is 11.6 Å². The molecule has 1 aromatic heterocycles. The number of hydrogen-bond donors (Lipinski definition) is 3. The zero-order chi connectivity index (χ0) is 14.1. The third-order valence-electron chi connectivity index (χ3n) is 3.82. The lowest BCUT2D eigenvalue weighted by molar-refractivity contribution is 0.0947. The van der Waals surface area contributed by atoms with Crippen molar-refractivity contribution >= 4 is 16.9 Å². The van der Waals surface area contributed by atoms with E-state index in [0.717, 1.165) is 19.5 Å². The van der Waals surface area contributed by atoms with Crippen molar-refractivity contribution in [2.45, 2.75) is 6.42 Å². The van der Waals surface area contributed by atoms with Gasteiger partial charge in [-0.15, -0.1) is 0 Å². The lowest BCUT2D eigenvalue weighted by Gasteiger charge is -2.11. The van der Waals surface area contributed by atoms with Crippen molar-refractivity contribution in [2.24, 2.45) is 5.92 Å². The molecule has 1 fully saturated rings. The lowest BCUT2D eigenvalue weighted by Crippen LogP contribution is -2.30. The van der Waals surface area contributed by atoms with Crippen molar-refractivity contribution in [3.8, 4) is 0 Å². The molecule has 6 heteroatoms. The first kappa shape index (κ1) is 12.9. The number of benzene rings is 1. The summed E-state index contributed by atoms with van der Waals surface area (Å²) >= 11 is 0. The Morgan fingerprint density at radius 2 is 2.20 bits per heavy atom. The van der Waals surface area contributed by atoms with Crippen molar-refractivity contribution in [2.75, 3.05) is 26.7 Å². The van der Waals surface area contributed by atoms with Crippen LogP contribution in [0.1, 0.15) is 16.8 Å². The fraction of sp³-hybridized carbons (Fsp3) is 0.429. The van der Waals surface area contributed by atoms with Crippen molar-refractivity contribution in [3.05, 3.63) is 34.2 Å². The van der Waals surface area contributed by atoms with Crippen LogP contribution < -0.4 is 11.0 Å². The van der Waals surface area contributed by atoms with Gasteiger partial charge in [-0.25, -0.2) is 4.79 Å². The van der Waals surface area contributed by atoms with Gasteiger partial charge in [0.25, 0.3) is 5.91 Å². The minimum atomic E-state index is -0.258. The van der Waals surface area contributed by atoms with E-state index in [1.807, 2.05) is 0 Å². The number of aromatic nitrogens is 2. The molecule has 1 atom stereocenters. The van der Waals surface area contributed by atoms with E-state index in [1.54, 1.807) is 18.2 Å². The summed E-state index contributed by atoms with van der Waals surface area (Å²) in [5.74, 6) is 0.434. The highest BCUT2D eigenvalue weighted by Gasteiger charge is 2.20. The van der Waals surface area contributed by atoms with E-state index < -0.39 is 0 Å². The Morgan fingerprint density at radius 1 is 1.40 bits per heavy atom.